The molecule has 0 atom stereocenters. The summed E-state index contributed by atoms with van der Waals surface area (Å²) in [7, 11) is 0. The Bertz CT molecular complexity index is 13.5. The molecule has 0 heterocycles. The second-order valence-electron chi connectivity index (χ2n) is 0. The van der Waals surface area contributed by atoms with Crippen LogP contribution in [0.15, 0.2) is 0 Å². The minimum absolute atomic E-state index is 0. The summed E-state index contributed by atoms with van der Waals surface area (Å²) in [6.45, 7) is 0. The van der Waals surface area contributed by atoms with Gasteiger partial charge in [0.2, 0.25) is 0 Å². The fourth-order valence-corrected chi connectivity index (χ4v) is 0. The first-order chi connectivity index (χ1) is 1.00. The van der Waals surface area contributed by atoms with E-state index in [0.717, 1.165) is 0 Å². The molecule has 1 nitrogen and oxygen atoms in total. The summed E-state index contributed by atoms with van der Waals surface area (Å²) in [5, 5.41) is 0. The summed E-state index contributed by atoms with van der Waals surface area (Å²) in [6.07, 6.45) is 0. The van der Waals surface area contributed by atoms with E-state index in [0.29, 0.717) is 0 Å². The van der Waals surface area contributed by atoms with Crippen molar-refractivity contribution >= 4 is 23.1 Å². The van der Waals surface area contributed by atoms with Crippen LogP contribution in [0.4, 0.5) is 0 Å². The van der Waals surface area contributed by atoms with E-state index in [1.54, 1.807) is 0 Å². The fraction of sp³-hybridized carbons (Fsp3) is 0. The molecule has 0 aliphatic heterocycles. The largest absolute Gasteiger partial charge is 0 e. The summed E-state index contributed by atoms with van der Waals surface area (Å²) >= 11 is -0.1000. The van der Waals surface area contributed by atoms with Crippen LogP contribution in [0.5, 0.6) is 0 Å². The van der Waals surface area contributed by atoms with Gasteiger partial charge in [-0.05, 0) is 0 Å². The average molecular weight is 220 g/mol. The predicted molar refractivity (Wildman–Crippen MR) is 8.66 cm³/mol. The molecule has 0 aromatic heterocycles. The summed E-state index contributed by atoms with van der Waals surface area (Å²) in [5.74, 6) is 0. The molecule has 0 aliphatic carbocycles. The van der Waals surface area contributed by atoms with Crippen molar-refractivity contribution in [3.8, 4) is 0 Å². The van der Waals surface area contributed by atoms with E-state index >= 15 is 0 Å². The van der Waals surface area contributed by atoms with Crippen molar-refractivity contribution < 1.29 is 50.8 Å². The van der Waals surface area contributed by atoms with Crippen LogP contribution in [0, 0.1) is 0 Å². The minimum atomic E-state index is -0.1000. The van der Waals surface area contributed by atoms with Crippen LogP contribution >= 0.6 is 0 Å². The summed E-state index contributed by atoms with van der Waals surface area (Å²) in [5.41, 5.74) is 0. The van der Waals surface area contributed by atoms with Gasteiger partial charge in [0, 0.05) is 19.5 Å². The van der Waals surface area contributed by atoms with E-state index in [4.69, 9.17) is 2.69 Å². The van der Waals surface area contributed by atoms with Crippen molar-refractivity contribution in [1.82, 2.24) is 0 Å². The second-order valence-corrected chi connectivity index (χ2v) is 0. The van der Waals surface area contributed by atoms with Crippen LogP contribution in [-0.4, -0.2) is 23.1 Å². The molecule has 4 heteroatoms. The van der Waals surface area contributed by atoms with Crippen molar-refractivity contribution in [2.24, 2.45) is 0 Å². The Morgan fingerprint density at radius 2 is 1.50 bits per heavy atom. The maximum absolute atomic E-state index is 8.42. The van der Waals surface area contributed by atoms with Gasteiger partial charge < -0.3 is 2.85 Å². The summed E-state index contributed by atoms with van der Waals surface area (Å²) in [4.78, 5) is 0. The van der Waals surface area contributed by atoms with Gasteiger partial charge >= 0.3 is 51.5 Å². The van der Waals surface area contributed by atoms with Crippen molar-refractivity contribution in [1.29, 1.82) is 0 Å². The Balaban J connectivity index is -0.000000000833. The Morgan fingerprint density at radius 3 is 1.50 bits per heavy atom. The quantitative estimate of drug-likeness (QED) is 0.513. The molecule has 0 unspecified atom stereocenters. The van der Waals surface area contributed by atoms with Gasteiger partial charge in [0.15, 0.2) is 0 Å². The van der Waals surface area contributed by atoms with E-state index in [1.165, 1.54) is 0 Å². The number of hydrogen-bond acceptors (Lipinski definition) is 1. The van der Waals surface area contributed by atoms with Crippen molar-refractivity contribution in [3.05, 3.63) is 0 Å². The zero-order valence-electron chi connectivity index (χ0n) is 4.53. The number of rotatable bonds is 0. The van der Waals surface area contributed by atoms with E-state index in [2.05, 4.69) is 0 Å². The predicted octanol–water partition coefficient (Wildman–Crippen LogP) is -0.280. The van der Waals surface area contributed by atoms with Crippen LogP contribution in [0.3, 0.4) is 0 Å². The molecule has 0 radical (unpaired) electrons. The third kappa shape index (κ3) is 8.93. The molecule has 0 aromatic rings. The van der Waals surface area contributed by atoms with Crippen LogP contribution < -0.4 is 0 Å². The fourth-order valence-electron chi connectivity index (χ4n) is 0. The molecule has 0 saturated carbocycles. The molecule has 0 bridgehead atoms. The molecular weight excluding hydrogens is 218 g/mol. The monoisotopic (exact) mass is 220 g/mol. The molecule has 4 heavy (non-hydrogen) atoms. The molecule has 0 aromatic carbocycles. The minimum Gasteiger partial charge on any atom is 0 e. The normalized spacial score (nSPS) is 1.50. The zero-order chi connectivity index (χ0) is 2.00. The third-order valence-electron chi connectivity index (χ3n) is 0. The Labute approximate surface area is 72.9 Å². The van der Waals surface area contributed by atoms with E-state index in [-0.39, 0.29) is 71.2 Å². The first kappa shape index (κ1) is 16.5. The molecule has 0 saturated heterocycles. The molecular formula is H2CdMgOZn. The molecule has 0 amide bonds. The van der Waals surface area contributed by atoms with E-state index in [1.807, 2.05) is 0 Å². The van der Waals surface area contributed by atoms with Crippen molar-refractivity contribution in [2.45, 2.75) is 0 Å². The van der Waals surface area contributed by atoms with Gasteiger partial charge in [0.05, 0.1) is 0 Å². The Morgan fingerprint density at radius 1 is 1.50 bits per heavy atom. The van der Waals surface area contributed by atoms with E-state index < -0.39 is 0 Å². The van der Waals surface area contributed by atoms with Gasteiger partial charge in [0.1, 0.15) is 0 Å². The van der Waals surface area contributed by atoms with Gasteiger partial charge in [-0.1, -0.05) is 0 Å². The van der Waals surface area contributed by atoms with E-state index in [9.17, 15) is 0 Å². The average Bonchev–Trinajstić information content (AvgIpc) is 1.00. The summed E-state index contributed by atoms with van der Waals surface area (Å²) in [6, 6.07) is 0. The van der Waals surface area contributed by atoms with Crippen LogP contribution in [0.25, 0.3) is 0 Å². The SMILES string of the molecule is [H-].[H-].[Mg+2].[O]=[Cd].[Zn]. The van der Waals surface area contributed by atoms with Gasteiger partial charge in [-0.25, -0.2) is 0 Å². The topological polar surface area (TPSA) is 17.1 Å². The van der Waals surface area contributed by atoms with Crippen LogP contribution in [0.1, 0.15) is 2.85 Å². The molecule has 0 N–H and O–H groups in total. The maximum atomic E-state index is 8.42. The van der Waals surface area contributed by atoms with Crippen LogP contribution in [0.2, 0.25) is 0 Å². The Kier molecular flexibility index (Phi) is 79.9. The molecule has 0 aliphatic rings. The molecule has 0 spiro atoms. The molecule has 0 rings (SSSR count). The molecule has 14 valence electrons. The molecule has 0 fully saturated rings. The number of hydrogen-bond donors (Lipinski definition) is 0. The summed E-state index contributed by atoms with van der Waals surface area (Å²) < 4.78 is 8.42. The Hall–Kier alpha value is 2.11. The standard InChI is InChI=1S/Cd.Mg.O.Zn.2H/q;+2;;;2*-1. The smallest absolute Gasteiger partial charge is 0 e. The van der Waals surface area contributed by atoms with Gasteiger partial charge in [0.25, 0.3) is 0 Å². The third-order valence-corrected chi connectivity index (χ3v) is 0. The van der Waals surface area contributed by atoms with Crippen LogP contribution in [-0.2, 0) is 47.9 Å². The maximum Gasteiger partial charge on any atom is 0 e. The zero-order valence-corrected chi connectivity index (χ0v) is 10.9. The van der Waals surface area contributed by atoms with Gasteiger partial charge in [-0.2, -0.15) is 0 Å². The van der Waals surface area contributed by atoms with Crippen molar-refractivity contribution in [3.63, 3.8) is 0 Å². The van der Waals surface area contributed by atoms with Gasteiger partial charge in [-0.15, -0.1) is 0 Å². The first-order valence-electron chi connectivity index (χ1n) is 0.289. The van der Waals surface area contributed by atoms with Crippen molar-refractivity contribution in [2.75, 3.05) is 0 Å². The second kappa shape index (κ2) is 19.4. The first-order valence-corrected chi connectivity index (χ1v) is 1.94. The van der Waals surface area contributed by atoms with Gasteiger partial charge in [-0.3, -0.25) is 0 Å².